The van der Waals surface area contributed by atoms with Gasteiger partial charge in [-0.15, -0.1) is 11.3 Å². The van der Waals surface area contributed by atoms with E-state index in [1.165, 1.54) is 23.5 Å². The molecule has 35 heavy (non-hydrogen) atoms. The van der Waals surface area contributed by atoms with Gasteiger partial charge >= 0.3 is 0 Å². The Bertz CT molecular complexity index is 1300. The van der Waals surface area contributed by atoms with Crippen LogP contribution >= 0.6 is 11.3 Å². The SMILES string of the molecule is Cc1nc(C(=O)N2CCCC(C(C)C)C2CNc2nc3ccccc3o2)c(-c2ccc(F)cc2)s1. The summed E-state index contributed by atoms with van der Waals surface area (Å²) in [6.45, 7) is 7.52. The molecule has 1 fully saturated rings. The number of hydrogen-bond acceptors (Lipinski definition) is 6. The summed E-state index contributed by atoms with van der Waals surface area (Å²) in [5, 5.41) is 4.16. The predicted octanol–water partition coefficient (Wildman–Crippen LogP) is 6.39. The van der Waals surface area contributed by atoms with Crippen LogP contribution in [0.25, 0.3) is 21.5 Å². The topological polar surface area (TPSA) is 71.3 Å². The molecule has 0 bridgehead atoms. The first-order valence-electron chi connectivity index (χ1n) is 12.0. The van der Waals surface area contributed by atoms with E-state index in [9.17, 15) is 9.18 Å². The summed E-state index contributed by atoms with van der Waals surface area (Å²) in [6.07, 6.45) is 2.01. The molecule has 6 nitrogen and oxygen atoms in total. The minimum Gasteiger partial charge on any atom is -0.424 e. The largest absolute Gasteiger partial charge is 0.424 e. The molecular formula is C27H29FN4O2S. The van der Waals surface area contributed by atoms with E-state index in [-0.39, 0.29) is 17.8 Å². The second-order valence-electron chi connectivity index (χ2n) is 9.40. The molecule has 1 aliphatic rings. The zero-order valence-corrected chi connectivity index (χ0v) is 20.9. The third-order valence-electron chi connectivity index (χ3n) is 6.75. The molecule has 182 valence electrons. The molecule has 0 radical (unpaired) electrons. The van der Waals surface area contributed by atoms with Crippen molar-refractivity contribution >= 4 is 34.4 Å². The van der Waals surface area contributed by atoms with Crippen molar-refractivity contribution in [3.05, 3.63) is 65.0 Å². The number of thiazole rings is 1. The van der Waals surface area contributed by atoms with Crippen LogP contribution in [0.3, 0.4) is 0 Å². The maximum Gasteiger partial charge on any atom is 0.295 e. The second-order valence-corrected chi connectivity index (χ2v) is 10.6. The number of likely N-dealkylation sites (tertiary alicyclic amines) is 1. The van der Waals surface area contributed by atoms with Crippen molar-refractivity contribution in [2.75, 3.05) is 18.4 Å². The highest BCUT2D eigenvalue weighted by Crippen LogP contribution is 2.35. The number of aryl methyl sites for hydroxylation is 1. The number of nitrogens with zero attached hydrogens (tertiary/aromatic N) is 3. The summed E-state index contributed by atoms with van der Waals surface area (Å²) >= 11 is 1.46. The lowest BCUT2D eigenvalue weighted by molar-refractivity contribution is 0.0444. The Morgan fingerprint density at radius 1 is 1.20 bits per heavy atom. The van der Waals surface area contributed by atoms with E-state index in [4.69, 9.17) is 4.42 Å². The molecule has 4 aromatic rings. The van der Waals surface area contributed by atoms with E-state index < -0.39 is 0 Å². The number of para-hydroxylation sites is 2. The maximum absolute atomic E-state index is 13.9. The van der Waals surface area contributed by atoms with E-state index in [1.807, 2.05) is 36.1 Å². The molecule has 0 spiro atoms. The lowest BCUT2D eigenvalue weighted by Crippen LogP contribution is -2.53. The molecule has 2 unspecified atom stereocenters. The fourth-order valence-corrected chi connectivity index (χ4v) is 5.94. The summed E-state index contributed by atoms with van der Waals surface area (Å²) < 4.78 is 19.4. The molecule has 1 N–H and O–H groups in total. The predicted molar refractivity (Wildman–Crippen MR) is 137 cm³/mol. The van der Waals surface area contributed by atoms with Crippen molar-refractivity contribution in [1.82, 2.24) is 14.9 Å². The number of halogens is 1. The van der Waals surface area contributed by atoms with E-state index >= 15 is 0 Å². The van der Waals surface area contributed by atoms with Crippen LogP contribution in [0.1, 0.15) is 42.2 Å². The number of carbonyl (C=O) groups excluding carboxylic acids is 1. The van der Waals surface area contributed by atoms with Crippen LogP contribution < -0.4 is 5.32 Å². The van der Waals surface area contributed by atoms with Crippen LogP contribution in [0.5, 0.6) is 0 Å². The quantitative estimate of drug-likeness (QED) is 0.338. The Morgan fingerprint density at radius 3 is 2.71 bits per heavy atom. The molecule has 5 rings (SSSR count). The Kier molecular flexibility index (Phi) is 6.56. The van der Waals surface area contributed by atoms with Gasteiger partial charge in [-0.3, -0.25) is 4.79 Å². The number of oxazole rings is 1. The molecule has 3 heterocycles. The molecule has 1 aliphatic heterocycles. The molecule has 1 amide bonds. The standard InChI is InChI=1S/C27H29FN4O2S/c1-16(2)20-7-6-14-32(22(20)15-29-27-31-21-8-4-5-9-23(21)34-27)26(33)24-25(35-17(3)30-24)18-10-12-19(28)13-11-18/h4-5,8-13,16,20,22H,6-7,14-15H2,1-3H3,(H,29,31). The minimum atomic E-state index is -0.302. The molecular weight excluding hydrogens is 463 g/mol. The lowest BCUT2D eigenvalue weighted by Gasteiger charge is -2.43. The first-order chi connectivity index (χ1) is 16.9. The lowest BCUT2D eigenvalue weighted by atomic mass is 9.80. The van der Waals surface area contributed by atoms with Gasteiger partial charge in [-0.25, -0.2) is 9.37 Å². The first-order valence-corrected chi connectivity index (χ1v) is 12.9. The van der Waals surface area contributed by atoms with Crippen molar-refractivity contribution in [2.24, 2.45) is 11.8 Å². The Hall–Kier alpha value is -3.26. The highest BCUT2D eigenvalue weighted by molar-refractivity contribution is 7.15. The molecule has 0 aliphatic carbocycles. The van der Waals surface area contributed by atoms with Crippen LogP contribution in [0.4, 0.5) is 10.4 Å². The van der Waals surface area contributed by atoms with Crippen molar-refractivity contribution in [3.8, 4) is 10.4 Å². The Labute approximate surface area is 208 Å². The highest BCUT2D eigenvalue weighted by Gasteiger charge is 2.38. The summed E-state index contributed by atoms with van der Waals surface area (Å²) in [5.41, 5.74) is 2.78. The fraction of sp³-hybridized carbons (Fsp3) is 0.370. The van der Waals surface area contributed by atoms with Gasteiger partial charge in [0, 0.05) is 13.1 Å². The average molecular weight is 493 g/mol. The van der Waals surface area contributed by atoms with Crippen LogP contribution in [0.15, 0.2) is 52.9 Å². The zero-order chi connectivity index (χ0) is 24.5. The smallest absolute Gasteiger partial charge is 0.295 e. The molecule has 1 saturated heterocycles. The van der Waals surface area contributed by atoms with Crippen LogP contribution in [0.2, 0.25) is 0 Å². The number of amides is 1. The number of carbonyl (C=O) groups is 1. The fourth-order valence-electron chi connectivity index (χ4n) is 5.02. The van der Waals surface area contributed by atoms with Crippen molar-refractivity contribution < 1.29 is 13.6 Å². The van der Waals surface area contributed by atoms with Gasteiger partial charge in [0.25, 0.3) is 11.9 Å². The number of nitrogens with one attached hydrogen (secondary N) is 1. The maximum atomic E-state index is 13.9. The van der Waals surface area contributed by atoms with Crippen molar-refractivity contribution in [3.63, 3.8) is 0 Å². The normalized spacial score (nSPS) is 18.4. The molecule has 0 saturated carbocycles. The minimum absolute atomic E-state index is 0.0330. The number of anilines is 1. The number of fused-ring (bicyclic) bond motifs is 1. The van der Waals surface area contributed by atoms with Crippen LogP contribution in [-0.2, 0) is 0 Å². The summed E-state index contributed by atoms with van der Waals surface area (Å²) in [7, 11) is 0. The van der Waals surface area contributed by atoms with E-state index in [1.54, 1.807) is 12.1 Å². The van der Waals surface area contributed by atoms with Gasteiger partial charge in [-0.05, 0) is 61.4 Å². The second kappa shape index (κ2) is 9.77. The van der Waals surface area contributed by atoms with Gasteiger partial charge in [0.1, 0.15) is 17.0 Å². The van der Waals surface area contributed by atoms with Gasteiger partial charge in [0.05, 0.1) is 15.9 Å². The first kappa shape index (κ1) is 23.5. The third kappa shape index (κ3) is 4.80. The highest BCUT2D eigenvalue weighted by atomic mass is 32.1. The molecule has 2 aromatic heterocycles. The van der Waals surface area contributed by atoms with Gasteiger partial charge in [0.2, 0.25) is 0 Å². The third-order valence-corrected chi connectivity index (χ3v) is 7.77. The molecule has 2 atom stereocenters. The van der Waals surface area contributed by atoms with E-state index in [2.05, 4.69) is 29.1 Å². The van der Waals surface area contributed by atoms with Crippen LogP contribution in [-0.4, -0.2) is 39.9 Å². The van der Waals surface area contributed by atoms with Gasteiger partial charge < -0.3 is 14.6 Å². The van der Waals surface area contributed by atoms with Crippen molar-refractivity contribution in [1.29, 1.82) is 0 Å². The van der Waals surface area contributed by atoms with Gasteiger partial charge in [-0.2, -0.15) is 4.98 Å². The Morgan fingerprint density at radius 2 is 1.97 bits per heavy atom. The average Bonchev–Trinajstić information content (AvgIpc) is 3.45. The van der Waals surface area contributed by atoms with Crippen molar-refractivity contribution in [2.45, 2.75) is 39.7 Å². The molecule has 2 aromatic carbocycles. The number of piperidine rings is 1. The van der Waals surface area contributed by atoms with Gasteiger partial charge in [0.15, 0.2) is 5.58 Å². The summed E-state index contributed by atoms with van der Waals surface area (Å²) in [6, 6.07) is 14.3. The number of hydrogen-bond donors (Lipinski definition) is 1. The summed E-state index contributed by atoms with van der Waals surface area (Å²) in [4.78, 5) is 25.8. The Balaban J connectivity index is 1.43. The van der Waals surface area contributed by atoms with E-state index in [0.717, 1.165) is 39.4 Å². The summed E-state index contributed by atoms with van der Waals surface area (Å²) in [5.74, 6) is 0.362. The number of rotatable bonds is 6. The monoisotopic (exact) mass is 492 g/mol. The number of aromatic nitrogens is 2. The number of benzene rings is 2. The molecule has 8 heteroatoms. The van der Waals surface area contributed by atoms with Gasteiger partial charge in [-0.1, -0.05) is 38.1 Å². The zero-order valence-electron chi connectivity index (χ0n) is 20.1. The van der Waals surface area contributed by atoms with E-state index in [0.29, 0.717) is 36.6 Å². The van der Waals surface area contributed by atoms with Crippen LogP contribution in [0, 0.1) is 24.6 Å².